The van der Waals surface area contributed by atoms with Gasteiger partial charge in [-0.05, 0) is 30.2 Å². The van der Waals surface area contributed by atoms with E-state index >= 15 is 0 Å². The van der Waals surface area contributed by atoms with Crippen LogP contribution in [0.1, 0.15) is 11.1 Å². The lowest BCUT2D eigenvalue weighted by Gasteiger charge is -2.04. The van der Waals surface area contributed by atoms with Gasteiger partial charge in [-0.2, -0.15) is 0 Å². The molecule has 0 aliphatic rings. The highest BCUT2D eigenvalue weighted by atomic mass is 35.7. The van der Waals surface area contributed by atoms with Crippen LogP contribution in [0.2, 0.25) is 0 Å². The Balaban J connectivity index is 3.17. The summed E-state index contributed by atoms with van der Waals surface area (Å²) in [6.45, 7) is 1.54. The molecule has 0 aliphatic carbocycles. The fraction of sp³-hybridized carbons (Fsp3) is 0.250. The van der Waals surface area contributed by atoms with Gasteiger partial charge >= 0.3 is 0 Å². The number of hydrogen-bond donors (Lipinski definition) is 1. The van der Waals surface area contributed by atoms with Gasteiger partial charge in [0.25, 0.3) is 0 Å². The van der Waals surface area contributed by atoms with Crippen LogP contribution >= 0.6 is 10.7 Å². The van der Waals surface area contributed by atoms with E-state index in [-0.39, 0.29) is 0 Å². The zero-order chi connectivity index (χ0) is 10.9. The number of phenols is 1. The van der Waals surface area contributed by atoms with E-state index in [2.05, 4.69) is 0 Å². The van der Waals surface area contributed by atoms with Crippen LogP contribution in [-0.4, -0.2) is 13.5 Å². The molecule has 0 aliphatic heterocycles. The Labute approximate surface area is 85.6 Å². The minimum absolute atomic E-state index is 0.291. The van der Waals surface area contributed by atoms with Gasteiger partial charge in [-0.15, -0.1) is 0 Å². The molecule has 0 amide bonds. The van der Waals surface area contributed by atoms with Crippen molar-refractivity contribution in [3.63, 3.8) is 0 Å². The largest absolute Gasteiger partial charge is 0.505 e. The molecule has 0 heterocycles. The summed E-state index contributed by atoms with van der Waals surface area (Å²) in [6.07, 6.45) is 0. The number of aryl methyl sites for hydroxylation is 1. The zero-order valence-electron chi connectivity index (χ0n) is 7.29. The molecule has 14 heavy (non-hydrogen) atoms. The topological polar surface area (TPSA) is 54.4 Å². The van der Waals surface area contributed by atoms with Crippen molar-refractivity contribution in [2.24, 2.45) is 0 Å². The molecule has 1 rings (SSSR count). The van der Waals surface area contributed by atoms with Crippen molar-refractivity contribution >= 4 is 19.7 Å². The second-order valence-electron chi connectivity index (χ2n) is 2.91. The van der Waals surface area contributed by atoms with E-state index in [1.807, 2.05) is 0 Å². The third-order valence-corrected chi connectivity index (χ3v) is 2.72. The third kappa shape index (κ3) is 2.85. The SMILES string of the molecule is Cc1cc(F)c(O)cc1CS(=O)(=O)Cl. The van der Waals surface area contributed by atoms with Gasteiger partial charge in [0.15, 0.2) is 11.6 Å². The molecule has 0 fully saturated rings. The van der Waals surface area contributed by atoms with Crippen LogP contribution in [0.25, 0.3) is 0 Å². The molecule has 0 radical (unpaired) electrons. The van der Waals surface area contributed by atoms with Crippen molar-refractivity contribution in [3.05, 3.63) is 29.1 Å². The number of aromatic hydroxyl groups is 1. The quantitative estimate of drug-likeness (QED) is 0.801. The van der Waals surface area contributed by atoms with Gasteiger partial charge in [-0.25, -0.2) is 12.8 Å². The maximum Gasteiger partial charge on any atom is 0.236 e. The van der Waals surface area contributed by atoms with Crippen LogP contribution in [-0.2, 0) is 14.8 Å². The standard InChI is InChI=1S/C8H8ClFO3S/c1-5-2-7(10)8(11)3-6(5)4-14(9,12)13/h2-3,11H,4H2,1H3. The van der Waals surface area contributed by atoms with E-state index in [0.29, 0.717) is 11.1 Å². The second kappa shape index (κ2) is 3.74. The average Bonchev–Trinajstić information content (AvgIpc) is 1.97. The Morgan fingerprint density at radius 1 is 1.50 bits per heavy atom. The number of hydrogen-bond acceptors (Lipinski definition) is 3. The summed E-state index contributed by atoms with van der Waals surface area (Å²) < 4.78 is 34.2. The molecule has 0 atom stereocenters. The molecule has 0 saturated heterocycles. The van der Waals surface area contributed by atoms with Gasteiger partial charge in [-0.1, -0.05) is 0 Å². The molecular weight excluding hydrogens is 231 g/mol. The van der Waals surface area contributed by atoms with E-state index in [9.17, 15) is 12.8 Å². The first kappa shape index (κ1) is 11.3. The highest BCUT2D eigenvalue weighted by Gasteiger charge is 2.12. The Kier molecular flexibility index (Phi) is 3.01. The predicted octanol–water partition coefficient (Wildman–Crippen LogP) is 1.91. The molecule has 6 heteroatoms. The van der Waals surface area contributed by atoms with E-state index in [1.165, 1.54) is 0 Å². The Bertz CT molecular complexity index is 456. The molecule has 0 spiro atoms. The van der Waals surface area contributed by atoms with E-state index in [4.69, 9.17) is 15.8 Å². The number of halogens is 2. The van der Waals surface area contributed by atoms with E-state index in [0.717, 1.165) is 12.1 Å². The van der Waals surface area contributed by atoms with Crippen molar-refractivity contribution in [1.29, 1.82) is 0 Å². The number of rotatable bonds is 2. The molecule has 0 bridgehead atoms. The van der Waals surface area contributed by atoms with Gasteiger partial charge in [0, 0.05) is 10.7 Å². The van der Waals surface area contributed by atoms with Gasteiger partial charge in [0.05, 0.1) is 5.75 Å². The summed E-state index contributed by atoms with van der Waals surface area (Å²) in [4.78, 5) is 0. The first-order valence-electron chi connectivity index (χ1n) is 3.70. The number of benzene rings is 1. The lowest BCUT2D eigenvalue weighted by atomic mass is 10.1. The van der Waals surface area contributed by atoms with Crippen LogP contribution in [0.15, 0.2) is 12.1 Å². The minimum atomic E-state index is -3.69. The Morgan fingerprint density at radius 2 is 2.07 bits per heavy atom. The fourth-order valence-electron chi connectivity index (χ4n) is 1.05. The summed E-state index contributed by atoms with van der Waals surface area (Å²) in [5.41, 5.74) is 0.725. The lowest BCUT2D eigenvalue weighted by Crippen LogP contribution is -1.98. The van der Waals surface area contributed by atoms with Crippen LogP contribution in [0.5, 0.6) is 5.75 Å². The monoisotopic (exact) mass is 238 g/mol. The lowest BCUT2D eigenvalue weighted by molar-refractivity contribution is 0.431. The predicted molar refractivity (Wildman–Crippen MR) is 51.3 cm³/mol. The first-order chi connectivity index (χ1) is 6.29. The Hall–Kier alpha value is -0.810. The van der Waals surface area contributed by atoms with Crippen molar-refractivity contribution in [1.82, 2.24) is 0 Å². The maximum atomic E-state index is 12.8. The molecule has 1 N–H and O–H groups in total. The molecule has 0 saturated carbocycles. The minimum Gasteiger partial charge on any atom is -0.505 e. The molecular formula is C8H8ClFO3S. The first-order valence-corrected chi connectivity index (χ1v) is 6.18. The summed E-state index contributed by atoms with van der Waals surface area (Å²) in [5, 5.41) is 9.01. The normalized spacial score (nSPS) is 11.6. The second-order valence-corrected chi connectivity index (χ2v) is 5.69. The highest BCUT2D eigenvalue weighted by molar-refractivity contribution is 8.13. The van der Waals surface area contributed by atoms with Crippen molar-refractivity contribution in [2.45, 2.75) is 12.7 Å². The van der Waals surface area contributed by atoms with Crippen LogP contribution in [0, 0.1) is 12.7 Å². The highest BCUT2D eigenvalue weighted by Crippen LogP contribution is 2.23. The average molecular weight is 239 g/mol. The summed E-state index contributed by atoms with van der Waals surface area (Å²) in [6, 6.07) is 2.12. The zero-order valence-corrected chi connectivity index (χ0v) is 8.86. The molecule has 3 nitrogen and oxygen atoms in total. The summed E-state index contributed by atoms with van der Waals surface area (Å²) in [7, 11) is 1.34. The molecule has 0 aromatic heterocycles. The van der Waals surface area contributed by atoms with Gasteiger partial charge in [0.1, 0.15) is 0 Å². The van der Waals surface area contributed by atoms with Crippen LogP contribution in [0.4, 0.5) is 4.39 Å². The molecule has 0 unspecified atom stereocenters. The number of phenolic OH excluding ortho intramolecular Hbond substituents is 1. The molecule has 78 valence electrons. The molecule has 1 aromatic rings. The van der Waals surface area contributed by atoms with Gasteiger partial charge < -0.3 is 5.11 Å². The van der Waals surface area contributed by atoms with E-state index < -0.39 is 26.4 Å². The summed E-state index contributed by atoms with van der Waals surface area (Å²) in [5.74, 6) is -1.78. The van der Waals surface area contributed by atoms with Gasteiger partial charge in [-0.3, -0.25) is 0 Å². The van der Waals surface area contributed by atoms with Crippen molar-refractivity contribution < 1.29 is 17.9 Å². The molecule has 1 aromatic carbocycles. The van der Waals surface area contributed by atoms with Crippen molar-refractivity contribution in [3.8, 4) is 5.75 Å². The fourth-order valence-corrected chi connectivity index (χ4v) is 2.08. The van der Waals surface area contributed by atoms with Crippen LogP contribution < -0.4 is 0 Å². The van der Waals surface area contributed by atoms with E-state index in [1.54, 1.807) is 6.92 Å². The maximum absolute atomic E-state index is 12.8. The summed E-state index contributed by atoms with van der Waals surface area (Å²) >= 11 is 0. The van der Waals surface area contributed by atoms with Crippen LogP contribution in [0.3, 0.4) is 0 Å². The van der Waals surface area contributed by atoms with Crippen molar-refractivity contribution in [2.75, 3.05) is 0 Å². The Morgan fingerprint density at radius 3 is 2.57 bits per heavy atom. The third-order valence-electron chi connectivity index (χ3n) is 1.73. The smallest absolute Gasteiger partial charge is 0.236 e. The van der Waals surface area contributed by atoms with Gasteiger partial charge in [0.2, 0.25) is 9.05 Å².